The van der Waals surface area contributed by atoms with Crippen molar-refractivity contribution in [2.75, 3.05) is 36.5 Å². The summed E-state index contributed by atoms with van der Waals surface area (Å²) in [6, 6.07) is 14.9. The van der Waals surface area contributed by atoms with Crippen molar-refractivity contribution in [2.24, 2.45) is 5.73 Å². The monoisotopic (exact) mass is 363 g/mol. The van der Waals surface area contributed by atoms with Crippen molar-refractivity contribution in [3.8, 4) is 5.75 Å². The average molecular weight is 364 g/mol. The summed E-state index contributed by atoms with van der Waals surface area (Å²) < 4.78 is 5.41. The van der Waals surface area contributed by atoms with Gasteiger partial charge < -0.3 is 20.7 Å². The number of anilines is 2. The quantitative estimate of drug-likeness (QED) is 0.752. The van der Waals surface area contributed by atoms with E-state index in [2.05, 4.69) is 24.1 Å². The van der Waals surface area contributed by atoms with Gasteiger partial charge in [-0.1, -0.05) is 0 Å². The summed E-state index contributed by atoms with van der Waals surface area (Å²) in [5, 5.41) is 2.89. The molecular formula is C19H26ClN3O2. The predicted molar refractivity (Wildman–Crippen MR) is 106 cm³/mol. The number of nitrogens with zero attached hydrogens (tertiary/aromatic N) is 1. The van der Waals surface area contributed by atoms with Gasteiger partial charge in [-0.05, 0) is 62.4 Å². The molecule has 0 atom stereocenters. The SMILES string of the molecule is CCN(CC)c1ccc(C(=O)Nc2ccc(OCCN)cc2)cc1.Cl. The van der Waals surface area contributed by atoms with E-state index in [-0.39, 0.29) is 18.3 Å². The molecule has 0 saturated carbocycles. The van der Waals surface area contributed by atoms with E-state index < -0.39 is 0 Å². The van der Waals surface area contributed by atoms with Gasteiger partial charge in [0, 0.05) is 36.6 Å². The van der Waals surface area contributed by atoms with E-state index in [1.807, 2.05) is 48.5 Å². The van der Waals surface area contributed by atoms with E-state index in [0.29, 0.717) is 18.7 Å². The first-order chi connectivity index (χ1) is 11.7. The molecule has 0 aliphatic heterocycles. The zero-order valence-corrected chi connectivity index (χ0v) is 15.5. The highest BCUT2D eigenvalue weighted by atomic mass is 35.5. The van der Waals surface area contributed by atoms with Crippen LogP contribution in [0.25, 0.3) is 0 Å². The number of carbonyl (C=O) groups is 1. The van der Waals surface area contributed by atoms with E-state index in [1.54, 1.807) is 0 Å². The van der Waals surface area contributed by atoms with Gasteiger partial charge in [0.2, 0.25) is 0 Å². The molecule has 6 heteroatoms. The molecule has 0 radical (unpaired) electrons. The first-order valence-corrected chi connectivity index (χ1v) is 8.27. The fourth-order valence-electron chi connectivity index (χ4n) is 2.43. The fourth-order valence-corrected chi connectivity index (χ4v) is 2.43. The highest BCUT2D eigenvalue weighted by Crippen LogP contribution is 2.18. The Kier molecular flexibility index (Phi) is 8.81. The van der Waals surface area contributed by atoms with Gasteiger partial charge in [0.15, 0.2) is 0 Å². The lowest BCUT2D eigenvalue weighted by Gasteiger charge is -2.21. The van der Waals surface area contributed by atoms with Crippen LogP contribution < -0.4 is 20.7 Å². The molecule has 0 aromatic heterocycles. The highest BCUT2D eigenvalue weighted by molar-refractivity contribution is 6.04. The van der Waals surface area contributed by atoms with Crippen LogP contribution in [-0.4, -0.2) is 32.1 Å². The van der Waals surface area contributed by atoms with Crippen LogP contribution in [0.5, 0.6) is 5.75 Å². The second-order valence-corrected chi connectivity index (χ2v) is 5.33. The summed E-state index contributed by atoms with van der Waals surface area (Å²) >= 11 is 0. The number of benzene rings is 2. The van der Waals surface area contributed by atoms with Crippen LogP contribution in [0.1, 0.15) is 24.2 Å². The lowest BCUT2D eigenvalue weighted by Crippen LogP contribution is -2.21. The number of hydrogen-bond donors (Lipinski definition) is 2. The van der Waals surface area contributed by atoms with E-state index in [0.717, 1.165) is 30.2 Å². The Morgan fingerprint density at radius 2 is 1.64 bits per heavy atom. The van der Waals surface area contributed by atoms with Crippen LogP contribution in [0.3, 0.4) is 0 Å². The molecule has 25 heavy (non-hydrogen) atoms. The second-order valence-electron chi connectivity index (χ2n) is 5.33. The van der Waals surface area contributed by atoms with E-state index >= 15 is 0 Å². The van der Waals surface area contributed by atoms with Gasteiger partial charge >= 0.3 is 0 Å². The minimum atomic E-state index is -0.128. The van der Waals surface area contributed by atoms with Crippen LogP contribution in [0.4, 0.5) is 11.4 Å². The molecule has 1 amide bonds. The molecule has 3 N–H and O–H groups in total. The molecule has 0 spiro atoms. The topological polar surface area (TPSA) is 67.6 Å². The van der Waals surface area contributed by atoms with E-state index in [9.17, 15) is 4.79 Å². The Morgan fingerprint density at radius 1 is 1.04 bits per heavy atom. The third kappa shape index (κ3) is 5.96. The molecule has 0 fully saturated rings. The number of hydrogen-bond acceptors (Lipinski definition) is 4. The molecule has 0 saturated heterocycles. The molecule has 0 aliphatic rings. The van der Waals surface area contributed by atoms with Crippen molar-refractivity contribution in [3.63, 3.8) is 0 Å². The van der Waals surface area contributed by atoms with Crippen LogP contribution in [0.2, 0.25) is 0 Å². The number of nitrogens with one attached hydrogen (secondary N) is 1. The molecule has 136 valence electrons. The van der Waals surface area contributed by atoms with Crippen molar-refractivity contribution in [1.29, 1.82) is 0 Å². The maximum Gasteiger partial charge on any atom is 0.255 e. The number of halogens is 1. The molecule has 0 aliphatic carbocycles. The Morgan fingerprint density at radius 3 is 2.16 bits per heavy atom. The molecule has 0 heterocycles. The van der Waals surface area contributed by atoms with Gasteiger partial charge in [0.05, 0.1) is 0 Å². The molecule has 0 bridgehead atoms. The molecular weight excluding hydrogens is 338 g/mol. The lowest BCUT2D eigenvalue weighted by molar-refractivity contribution is 0.102. The Labute approximate surface area is 155 Å². The molecule has 2 rings (SSSR count). The number of ether oxygens (including phenoxy) is 1. The van der Waals surface area contributed by atoms with Crippen LogP contribution in [0.15, 0.2) is 48.5 Å². The Balaban J connectivity index is 0.00000312. The second kappa shape index (κ2) is 10.6. The average Bonchev–Trinajstić information content (AvgIpc) is 2.62. The fraction of sp³-hybridized carbons (Fsp3) is 0.316. The Hall–Kier alpha value is -2.24. The number of nitrogens with two attached hydrogens (primary N) is 1. The third-order valence-corrected chi connectivity index (χ3v) is 3.76. The standard InChI is InChI=1S/C19H25N3O2.ClH/c1-3-22(4-2)17-9-5-15(6-10-17)19(23)21-16-7-11-18(12-8-16)24-14-13-20;/h5-12H,3-4,13-14,20H2,1-2H3,(H,21,23);1H. The van der Waals surface area contributed by atoms with Crippen LogP contribution in [0, 0.1) is 0 Å². The summed E-state index contributed by atoms with van der Waals surface area (Å²) in [7, 11) is 0. The van der Waals surface area contributed by atoms with E-state index in [1.165, 1.54) is 0 Å². The third-order valence-electron chi connectivity index (χ3n) is 3.76. The first-order valence-electron chi connectivity index (χ1n) is 8.27. The first kappa shape index (κ1) is 20.8. The minimum Gasteiger partial charge on any atom is -0.492 e. The number of rotatable bonds is 8. The van der Waals surface area contributed by atoms with Crippen molar-refractivity contribution >= 4 is 29.7 Å². The zero-order chi connectivity index (χ0) is 17.4. The summed E-state index contributed by atoms with van der Waals surface area (Å²) in [5.74, 6) is 0.610. The molecule has 2 aromatic carbocycles. The van der Waals surface area contributed by atoms with Gasteiger partial charge in [-0.25, -0.2) is 0 Å². The smallest absolute Gasteiger partial charge is 0.255 e. The molecule has 0 unspecified atom stereocenters. The van der Waals surface area contributed by atoms with Crippen LogP contribution in [-0.2, 0) is 0 Å². The normalized spacial score (nSPS) is 9.88. The maximum absolute atomic E-state index is 12.3. The zero-order valence-electron chi connectivity index (χ0n) is 14.7. The summed E-state index contributed by atoms with van der Waals surface area (Å²) in [6.45, 7) is 7.07. The number of amides is 1. The van der Waals surface area contributed by atoms with Gasteiger partial charge in [-0.3, -0.25) is 4.79 Å². The van der Waals surface area contributed by atoms with Crippen molar-refractivity contribution in [3.05, 3.63) is 54.1 Å². The summed E-state index contributed by atoms with van der Waals surface area (Å²) in [4.78, 5) is 14.6. The maximum atomic E-state index is 12.3. The summed E-state index contributed by atoms with van der Waals surface area (Å²) in [6.07, 6.45) is 0. The van der Waals surface area contributed by atoms with Crippen LogP contribution >= 0.6 is 12.4 Å². The van der Waals surface area contributed by atoms with E-state index in [4.69, 9.17) is 10.5 Å². The molecule has 2 aromatic rings. The van der Waals surface area contributed by atoms with Gasteiger partial charge in [0.25, 0.3) is 5.91 Å². The lowest BCUT2D eigenvalue weighted by atomic mass is 10.1. The van der Waals surface area contributed by atoms with Gasteiger partial charge in [-0.2, -0.15) is 0 Å². The minimum absolute atomic E-state index is 0. The van der Waals surface area contributed by atoms with Gasteiger partial charge in [0.1, 0.15) is 12.4 Å². The highest BCUT2D eigenvalue weighted by Gasteiger charge is 2.08. The predicted octanol–water partition coefficient (Wildman–Crippen LogP) is 3.54. The van der Waals surface area contributed by atoms with Gasteiger partial charge in [-0.15, -0.1) is 12.4 Å². The Bertz CT molecular complexity index is 641. The largest absolute Gasteiger partial charge is 0.492 e. The molecule has 5 nitrogen and oxygen atoms in total. The summed E-state index contributed by atoms with van der Waals surface area (Å²) in [5.41, 5.74) is 7.88. The van der Waals surface area contributed by atoms with Crippen molar-refractivity contribution in [2.45, 2.75) is 13.8 Å². The number of carbonyl (C=O) groups excluding carboxylic acids is 1. The van der Waals surface area contributed by atoms with Crippen molar-refractivity contribution < 1.29 is 9.53 Å². The van der Waals surface area contributed by atoms with Crippen molar-refractivity contribution in [1.82, 2.24) is 0 Å².